The van der Waals surface area contributed by atoms with E-state index in [0.717, 1.165) is 5.56 Å². The first-order valence-corrected chi connectivity index (χ1v) is 13.9. The first-order valence-electron chi connectivity index (χ1n) is 12.4. The van der Waals surface area contributed by atoms with E-state index in [2.05, 4.69) is 16.6 Å². The van der Waals surface area contributed by atoms with Crippen LogP contribution in [0.5, 0.6) is 0 Å². The molecule has 0 aromatic heterocycles. The smallest absolute Gasteiger partial charge is 0.334 e. The minimum atomic E-state index is -4.33. The Kier molecular flexibility index (Phi) is 9.68. The first-order chi connectivity index (χ1) is 18.6. The van der Waals surface area contributed by atoms with Crippen molar-refractivity contribution in [3.8, 4) is 12.3 Å². The highest BCUT2D eigenvalue weighted by Crippen LogP contribution is 2.29. The number of rotatable bonds is 12. The number of terminal acetylenes is 1. The van der Waals surface area contributed by atoms with Gasteiger partial charge in [0.1, 0.15) is 0 Å². The zero-order valence-corrected chi connectivity index (χ0v) is 22.3. The number of hydrogen-bond acceptors (Lipinski definition) is 6. The summed E-state index contributed by atoms with van der Waals surface area (Å²) < 4.78 is 28.1. The van der Waals surface area contributed by atoms with Crippen LogP contribution in [0.15, 0.2) is 83.4 Å². The van der Waals surface area contributed by atoms with Crippen molar-refractivity contribution in [1.82, 2.24) is 15.4 Å². The van der Waals surface area contributed by atoms with Gasteiger partial charge in [-0.05, 0) is 60.9 Å². The van der Waals surface area contributed by atoms with Gasteiger partial charge in [-0.1, -0.05) is 49.4 Å². The summed E-state index contributed by atoms with van der Waals surface area (Å²) in [5.41, 5.74) is -0.467. The Morgan fingerprint density at radius 1 is 1.08 bits per heavy atom. The molecule has 0 radical (unpaired) electrons. The van der Waals surface area contributed by atoms with Gasteiger partial charge in [0.05, 0.1) is 10.5 Å². The Bertz CT molecular complexity index is 1430. The molecule has 39 heavy (non-hydrogen) atoms. The standard InChI is InChI=1S/C29H31N3O6S/c1-3-21(2)20-29(28(35)36)25(13-8-17-31-29)27(34)32-39(37,38)24-12-7-11-23(19-24)16-18-30-26(33)15-14-22-9-5-4-6-10-22/h1,4-13,17,19,21,31H,14-16,18,20H2,2H3,(H,30,33)(H,32,34)(H,35,36). The predicted octanol–water partition coefficient (Wildman–Crippen LogP) is 2.31. The molecule has 2 aromatic carbocycles. The van der Waals surface area contributed by atoms with Crippen LogP contribution in [0, 0.1) is 18.3 Å². The topological polar surface area (TPSA) is 142 Å². The van der Waals surface area contributed by atoms with Crippen molar-refractivity contribution in [3.05, 3.63) is 89.6 Å². The fourth-order valence-corrected chi connectivity index (χ4v) is 5.25. The lowest BCUT2D eigenvalue weighted by Gasteiger charge is -2.34. The fourth-order valence-electron chi connectivity index (χ4n) is 4.22. The lowest BCUT2D eigenvalue weighted by atomic mass is 9.80. The van der Waals surface area contributed by atoms with Gasteiger partial charge < -0.3 is 15.7 Å². The first kappa shape index (κ1) is 29.2. The third-order valence-electron chi connectivity index (χ3n) is 6.31. The number of carboxylic acids is 1. The number of carbonyl (C=O) groups is 3. The summed E-state index contributed by atoms with van der Waals surface area (Å²) in [5.74, 6) is -0.619. The lowest BCUT2D eigenvalue weighted by Crippen LogP contribution is -2.57. The highest BCUT2D eigenvalue weighted by molar-refractivity contribution is 7.90. The molecule has 0 bridgehead atoms. The van der Waals surface area contributed by atoms with Crippen molar-refractivity contribution in [2.45, 2.75) is 43.0 Å². The Labute approximate surface area is 228 Å². The molecule has 2 aromatic rings. The van der Waals surface area contributed by atoms with Crippen molar-refractivity contribution in [3.63, 3.8) is 0 Å². The quantitative estimate of drug-likeness (QED) is 0.298. The molecule has 0 spiro atoms. The Morgan fingerprint density at radius 3 is 2.49 bits per heavy atom. The highest BCUT2D eigenvalue weighted by Gasteiger charge is 2.47. The van der Waals surface area contributed by atoms with Gasteiger partial charge in [0, 0.05) is 18.9 Å². The number of carboxylic acid groups (broad SMARTS) is 1. The second-order valence-electron chi connectivity index (χ2n) is 9.23. The maximum Gasteiger partial charge on any atom is 0.334 e. The van der Waals surface area contributed by atoms with Gasteiger partial charge >= 0.3 is 5.97 Å². The van der Waals surface area contributed by atoms with Crippen molar-refractivity contribution in [2.24, 2.45) is 5.92 Å². The van der Waals surface area contributed by atoms with Gasteiger partial charge in [-0.3, -0.25) is 9.59 Å². The van der Waals surface area contributed by atoms with Crippen LogP contribution in [0.2, 0.25) is 0 Å². The molecule has 1 aliphatic heterocycles. The summed E-state index contributed by atoms with van der Waals surface area (Å²) in [6, 6.07) is 15.6. The molecule has 4 N–H and O–H groups in total. The molecule has 0 saturated carbocycles. The summed E-state index contributed by atoms with van der Waals surface area (Å²) in [6.45, 7) is 1.94. The van der Waals surface area contributed by atoms with E-state index in [1.165, 1.54) is 36.6 Å². The molecule has 2 unspecified atom stereocenters. The molecule has 1 aliphatic rings. The Balaban J connectivity index is 1.65. The number of amides is 2. The Morgan fingerprint density at radius 2 is 1.79 bits per heavy atom. The van der Waals surface area contributed by atoms with Gasteiger partial charge in [0.2, 0.25) is 5.91 Å². The van der Waals surface area contributed by atoms with E-state index in [-0.39, 0.29) is 22.8 Å². The molecule has 0 aliphatic carbocycles. The van der Waals surface area contributed by atoms with Crippen LogP contribution in [-0.4, -0.2) is 43.4 Å². The average Bonchev–Trinajstić information content (AvgIpc) is 2.92. The largest absolute Gasteiger partial charge is 0.479 e. The molecule has 9 nitrogen and oxygen atoms in total. The van der Waals surface area contributed by atoms with E-state index in [0.29, 0.717) is 31.4 Å². The zero-order valence-electron chi connectivity index (χ0n) is 21.5. The molecule has 3 rings (SSSR count). The number of dihydropyridines is 1. The van der Waals surface area contributed by atoms with Gasteiger partial charge in [-0.15, -0.1) is 12.3 Å². The zero-order chi connectivity index (χ0) is 28.5. The molecular formula is C29H31N3O6S. The molecule has 1 heterocycles. The monoisotopic (exact) mass is 549 g/mol. The normalized spacial score (nSPS) is 17.2. The van der Waals surface area contributed by atoms with Crippen LogP contribution in [0.4, 0.5) is 0 Å². The molecule has 10 heteroatoms. The molecule has 0 saturated heterocycles. The van der Waals surface area contributed by atoms with Gasteiger partial charge in [-0.25, -0.2) is 17.9 Å². The maximum absolute atomic E-state index is 13.1. The van der Waals surface area contributed by atoms with Crippen molar-refractivity contribution >= 4 is 27.8 Å². The van der Waals surface area contributed by atoms with Crippen LogP contribution in [-0.2, 0) is 37.2 Å². The third-order valence-corrected chi connectivity index (χ3v) is 7.64. The van der Waals surface area contributed by atoms with Gasteiger partial charge in [0.25, 0.3) is 15.9 Å². The molecule has 2 atom stereocenters. The third kappa shape index (κ3) is 7.58. The van der Waals surface area contributed by atoms with E-state index in [9.17, 15) is 27.9 Å². The molecular weight excluding hydrogens is 518 g/mol. The van der Waals surface area contributed by atoms with Crippen molar-refractivity contribution in [2.75, 3.05) is 6.54 Å². The predicted molar refractivity (Wildman–Crippen MR) is 147 cm³/mol. The van der Waals surface area contributed by atoms with Crippen LogP contribution in [0.25, 0.3) is 0 Å². The van der Waals surface area contributed by atoms with Crippen LogP contribution < -0.4 is 15.4 Å². The van der Waals surface area contributed by atoms with Crippen molar-refractivity contribution in [1.29, 1.82) is 0 Å². The Hall–Kier alpha value is -4.36. The van der Waals surface area contributed by atoms with Crippen molar-refractivity contribution < 1.29 is 27.9 Å². The summed E-state index contributed by atoms with van der Waals surface area (Å²) in [4.78, 5) is 37.3. The van der Waals surface area contributed by atoms with Crippen LogP contribution in [0.3, 0.4) is 0 Å². The van der Waals surface area contributed by atoms with E-state index in [4.69, 9.17) is 6.42 Å². The van der Waals surface area contributed by atoms with Gasteiger partial charge in [-0.2, -0.15) is 0 Å². The molecule has 0 fully saturated rings. The van der Waals surface area contributed by atoms with E-state index >= 15 is 0 Å². The fraction of sp³-hybridized carbons (Fsp3) is 0.276. The molecule has 2 amide bonds. The summed E-state index contributed by atoms with van der Waals surface area (Å²) in [6.07, 6.45) is 10.7. The number of benzene rings is 2. The van der Waals surface area contributed by atoms with E-state index in [1.807, 2.05) is 35.1 Å². The van der Waals surface area contributed by atoms with Crippen LogP contribution in [0.1, 0.15) is 30.9 Å². The lowest BCUT2D eigenvalue weighted by molar-refractivity contribution is -0.144. The van der Waals surface area contributed by atoms with Gasteiger partial charge in [0.15, 0.2) is 5.54 Å². The number of sulfonamides is 1. The maximum atomic E-state index is 13.1. The number of hydrogen-bond donors (Lipinski definition) is 4. The number of aliphatic carboxylic acids is 1. The number of carbonyl (C=O) groups excluding carboxylic acids is 2. The number of allylic oxidation sites excluding steroid dienone is 2. The number of nitrogens with one attached hydrogen (secondary N) is 3. The summed E-state index contributed by atoms with van der Waals surface area (Å²) in [7, 11) is -4.33. The minimum Gasteiger partial charge on any atom is -0.479 e. The minimum absolute atomic E-state index is 0.112. The average molecular weight is 550 g/mol. The SMILES string of the molecule is C#CC(C)CC1(C(=O)O)NC=CC=C1C(=O)NS(=O)(=O)c1cccc(CCNC(=O)CCc2ccccc2)c1. The van der Waals surface area contributed by atoms with Crippen LogP contribution >= 0.6 is 0 Å². The van der Waals surface area contributed by atoms with E-state index in [1.54, 1.807) is 13.0 Å². The summed E-state index contributed by atoms with van der Waals surface area (Å²) in [5, 5.41) is 15.5. The number of aryl methyl sites for hydroxylation is 1. The summed E-state index contributed by atoms with van der Waals surface area (Å²) >= 11 is 0. The second kappa shape index (κ2) is 12.9. The second-order valence-corrected chi connectivity index (χ2v) is 10.9. The molecule has 204 valence electrons. The highest BCUT2D eigenvalue weighted by atomic mass is 32.2. The van der Waals surface area contributed by atoms with E-state index < -0.39 is 33.4 Å².